The first-order chi connectivity index (χ1) is 8.58. The Bertz CT molecular complexity index is 676. The van der Waals surface area contributed by atoms with E-state index in [2.05, 4.69) is 4.98 Å². The molecule has 94 valence electrons. The highest BCUT2D eigenvalue weighted by Gasteiger charge is 2.14. The van der Waals surface area contributed by atoms with Crippen molar-refractivity contribution in [2.24, 2.45) is 0 Å². The van der Waals surface area contributed by atoms with Crippen LogP contribution in [0.25, 0.3) is 10.8 Å². The van der Waals surface area contributed by atoms with Gasteiger partial charge in [0, 0.05) is 30.4 Å². The van der Waals surface area contributed by atoms with E-state index in [9.17, 15) is 9.59 Å². The number of fused-ring (bicyclic) bond motifs is 1. The number of carboxylic acid groups (broad SMARTS) is 1. The van der Waals surface area contributed by atoms with Gasteiger partial charge in [-0.25, -0.2) is 9.78 Å². The molecule has 6 nitrogen and oxygen atoms in total. The molecule has 0 aromatic carbocycles. The molecule has 0 saturated heterocycles. The smallest absolute Gasteiger partial charge is 0.337 e. The van der Waals surface area contributed by atoms with E-state index < -0.39 is 5.97 Å². The lowest BCUT2D eigenvalue weighted by Crippen LogP contribution is -2.21. The van der Waals surface area contributed by atoms with Crippen LogP contribution in [0.1, 0.15) is 17.3 Å². The van der Waals surface area contributed by atoms with Gasteiger partial charge in [0.1, 0.15) is 0 Å². The maximum Gasteiger partial charge on any atom is 0.337 e. The summed E-state index contributed by atoms with van der Waals surface area (Å²) < 4.78 is 6.30. The molecule has 6 heteroatoms. The Morgan fingerprint density at radius 2 is 2.22 bits per heavy atom. The minimum absolute atomic E-state index is 0.0570. The molecule has 0 amide bonds. The van der Waals surface area contributed by atoms with Crippen molar-refractivity contribution in [2.45, 2.75) is 13.5 Å². The van der Waals surface area contributed by atoms with Gasteiger partial charge in [0.15, 0.2) is 0 Å². The lowest BCUT2D eigenvalue weighted by Gasteiger charge is -2.08. The number of rotatable bonds is 3. The summed E-state index contributed by atoms with van der Waals surface area (Å²) in [5.74, 6) is -0.807. The van der Waals surface area contributed by atoms with Crippen LogP contribution in [-0.4, -0.2) is 27.7 Å². The topological polar surface area (TPSA) is 81.4 Å². The number of ether oxygens (including phenoxy) is 1. The van der Waals surface area contributed by atoms with Crippen molar-refractivity contribution in [3.05, 3.63) is 34.4 Å². The Balaban J connectivity index is 2.91. The minimum Gasteiger partial charge on any atom is -0.481 e. The molecule has 0 aliphatic rings. The van der Waals surface area contributed by atoms with Gasteiger partial charge < -0.3 is 14.4 Å². The highest BCUT2D eigenvalue weighted by molar-refractivity contribution is 6.02. The van der Waals surface area contributed by atoms with Crippen LogP contribution in [0.4, 0.5) is 0 Å². The van der Waals surface area contributed by atoms with Gasteiger partial charge in [-0.3, -0.25) is 4.79 Å². The summed E-state index contributed by atoms with van der Waals surface area (Å²) in [5.41, 5.74) is -0.195. The van der Waals surface area contributed by atoms with Gasteiger partial charge in [0.05, 0.1) is 18.1 Å². The first-order valence-corrected chi connectivity index (χ1v) is 5.39. The summed E-state index contributed by atoms with van der Waals surface area (Å²) in [6.07, 6.45) is 2.68. The van der Waals surface area contributed by atoms with Crippen molar-refractivity contribution in [1.29, 1.82) is 0 Å². The molecule has 0 saturated carbocycles. The fourth-order valence-corrected chi connectivity index (χ4v) is 1.78. The number of pyridine rings is 2. The van der Waals surface area contributed by atoms with Gasteiger partial charge in [-0.05, 0) is 6.92 Å². The van der Waals surface area contributed by atoms with Crippen LogP contribution in [0.3, 0.4) is 0 Å². The third-order valence-electron chi connectivity index (χ3n) is 2.73. The summed E-state index contributed by atoms with van der Waals surface area (Å²) in [4.78, 5) is 27.2. The first-order valence-electron chi connectivity index (χ1n) is 5.39. The molecule has 0 fully saturated rings. The Hall–Kier alpha value is -2.37. The van der Waals surface area contributed by atoms with Gasteiger partial charge in [0.2, 0.25) is 5.88 Å². The van der Waals surface area contributed by atoms with Crippen LogP contribution in [0.15, 0.2) is 23.3 Å². The molecular formula is C12H12N2O4. The second kappa shape index (κ2) is 4.48. The van der Waals surface area contributed by atoms with Crippen LogP contribution < -0.4 is 10.3 Å². The zero-order valence-electron chi connectivity index (χ0n) is 10.0. The Morgan fingerprint density at radius 1 is 1.50 bits per heavy atom. The quantitative estimate of drug-likeness (QED) is 0.880. The number of aromatic carboxylic acids is 1. The van der Waals surface area contributed by atoms with Crippen LogP contribution in [0, 0.1) is 0 Å². The van der Waals surface area contributed by atoms with E-state index in [0.717, 1.165) is 0 Å². The summed E-state index contributed by atoms with van der Waals surface area (Å²) in [6, 6.07) is 1.45. The lowest BCUT2D eigenvalue weighted by molar-refractivity contribution is 0.0698. The van der Waals surface area contributed by atoms with Crippen LogP contribution in [0.2, 0.25) is 0 Å². The van der Waals surface area contributed by atoms with Crippen molar-refractivity contribution in [3.63, 3.8) is 0 Å². The molecule has 0 unspecified atom stereocenters. The number of hydrogen-bond acceptors (Lipinski definition) is 4. The summed E-state index contributed by atoms with van der Waals surface area (Å²) in [6.45, 7) is 2.18. The van der Waals surface area contributed by atoms with Gasteiger partial charge in [-0.2, -0.15) is 0 Å². The molecule has 0 spiro atoms. The van der Waals surface area contributed by atoms with Gasteiger partial charge in [-0.15, -0.1) is 0 Å². The van der Waals surface area contributed by atoms with Crippen LogP contribution >= 0.6 is 0 Å². The molecule has 1 N–H and O–H groups in total. The second-order valence-electron chi connectivity index (χ2n) is 3.71. The average molecular weight is 248 g/mol. The van der Waals surface area contributed by atoms with Crippen LogP contribution in [0.5, 0.6) is 5.88 Å². The van der Waals surface area contributed by atoms with E-state index in [0.29, 0.717) is 17.3 Å². The Morgan fingerprint density at radius 3 is 2.78 bits per heavy atom. The predicted molar refractivity (Wildman–Crippen MR) is 65.2 cm³/mol. The Labute approximate surface area is 102 Å². The van der Waals surface area contributed by atoms with Crippen molar-refractivity contribution in [3.8, 4) is 5.88 Å². The third kappa shape index (κ3) is 1.81. The zero-order valence-corrected chi connectivity index (χ0v) is 10.0. The molecule has 2 aromatic rings. The second-order valence-corrected chi connectivity index (χ2v) is 3.71. The zero-order chi connectivity index (χ0) is 13.3. The molecule has 0 radical (unpaired) electrons. The van der Waals surface area contributed by atoms with Gasteiger partial charge in [0.25, 0.3) is 5.56 Å². The molecule has 2 aromatic heterocycles. The first kappa shape index (κ1) is 12.1. The van der Waals surface area contributed by atoms with Crippen molar-refractivity contribution in [2.75, 3.05) is 7.11 Å². The summed E-state index contributed by atoms with van der Waals surface area (Å²) in [5, 5.41) is 9.76. The molecule has 0 bridgehead atoms. The van der Waals surface area contributed by atoms with Gasteiger partial charge in [-0.1, -0.05) is 0 Å². The summed E-state index contributed by atoms with van der Waals surface area (Å²) >= 11 is 0. The van der Waals surface area contributed by atoms with Gasteiger partial charge >= 0.3 is 5.97 Å². The molecule has 2 heterocycles. The number of carbonyl (C=O) groups is 1. The van der Waals surface area contributed by atoms with E-state index in [1.54, 1.807) is 6.92 Å². The highest BCUT2D eigenvalue weighted by atomic mass is 16.5. The molecule has 0 aliphatic heterocycles. The van der Waals surface area contributed by atoms with E-state index in [1.165, 1.54) is 30.1 Å². The van der Waals surface area contributed by atoms with Crippen molar-refractivity contribution in [1.82, 2.24) is 9.55 Å². The van der Waals surface area contributed by atoms with E-state index in [1.807, 2.05) is 0 Å². The maximum absolute atomic E-state index is 12.1. The number of hydrogen-bond donors (Lipinski definition) is 1. The molecule has 0 aliphatic carbocycles. The number of methoxy groups -OCH3 is 1. The average Bonchev–Trinajstić information content (AvgIpc) is 2.38. The largest absolute Gasteiger partial charge is 0.481 e. The monoisotopic (exact) mass is 248 g/mol. The third-order valence-corrected chi connectivity index (χ3v) is 2.73. The lowest BCUT2D eigenvalue weighted by atomic mass is 10.1. The maximum atomic E-state index is 12.1. The molecule has 18 heavy (non-hydrogen) atoms. The number of aryl methyl sites for hydroxylation is 1. The number of aromatic nitrogens is 2. The highest BCUT2D eigenvalue weighted by Crippen LogP contribution is 2.18. The van der Waals surface area contributed by atoms with E-state index in [-0.39, 0.29) is 17.0 Å². The predicted octanol–water partition coefficient (Wildman–Crippen LogP) is 1.12. The van der Waals surface area contributed by atoms with Crippen molar-refractivity contribution >= 4 is 16.7 Å². The standard InChI is InChI=1S/C12H12N2O4/c1-3-14-6-9(12(16)17)8-5-13-10(18-2)4-7(8)11(14)15/h4-6H,3H2,1-2H3,(H,16,17). The summed E-state index contributed by atoms with van der Waals surface area (Å²) in [7, 11) is 1.44. The number of nitrogens with zero attached hydrogens (tertiary/aromatic N) is 2. The fourth-order valence-electron chi connectivity index (χ4n) is 1.78. The normalized spacial score (nSPS) is 10.6. The molecular weight excluding hydrogens is 236 g/mol. The van der Waals surface area contributed by atoms with E-state index in [4.69, 9.17) is 9.84 Å². The number of carboxylic acids is 1. The van der Waals surface area contributed by atoms with Crippen molar-refractivity contribution < 1.29 is 14.6 Å². The Kier molecular flexibility index (Phi) is 3.01. The van der Waals surface area contributed by atoms with Crippen LogP contribution in [-0.2, 0) is 6.54 Å². The SMILES string of the molecule is CCn1cc(C(=O)O)c2cnc(OC)cc2c1=O. The molecule has 0 atom stereocenters. The fraction of sp³-hybridized carbons (Fsp3) is 0.250. The van der Waals surface area contributed by atoms with E-state index >= 15 is 0 Å². The molecule has 2 rings (SSSR count). The minimum atomic E-state index is -1.09.